The van der Waals surface area contributed by atoms with E-state index >= 15 is 0 Å². The summed E-state index contributed by atoms with van der Waals surface area (Å²) in [6, 6.07) is 8.22. The standard InChI is InChI=1S/C32H52N6O3/c1-4-6-10-18-34-29(39)17-23-41-25-24-40-22-13-20-37(3)19-11-12-21-38-28(16-7-5-2)36-30-31(38)26-14-8-9-15-27(26)35-32(30)33/h8-9,14-15H,4-7,10-13,16-25H2,1-3H3,(H2,33,35)(H,34,39). The largest absolute Gasteiger partial charge is 0.382 e. The second kappa shape index (κ2) is 18.6. The lowest BCUT2D eigenvalue weighted by Crippen LogP contribution is -2.25. The molecule has 1 aromatic carbocycles. The van der Waals surface area contributed by atoms with E-state index in [2.05, 4.69) is 52.8 Å². The first-order valence-corrected chi connectivity index (χ1v) is 15.7. The number of hydrogen-bond acceptors (Lipinski definition) is 7. The number of ether oxygens (including phenoxy) is 2. The average molecular weight is 569 g/mol. The monoisotopic (exact) mass is 568 g/mol. The van der Waals surface area contributed by atoms with Crippen LogP contribution in [0.15, 0.2) is 24.3 Å². The van der Waals surface area contributed by atoms with Crippen LogP contribution in [0.25, 0.3) is 21.9 Å². The molecule has 0 saturated carbocycles. The van der Waals surface area contributed by atoms with Crippen LogP contribution in [0, 0.1) is 0 Å². The number of aryl methyl sites for hydroxylation is 2. The Hall–Kier alpha value is -2.75. The van der Waals surface area contributed by atoms with Crippen LogP contribution in [0.3, 0.4) is 0 Å². The molecule has 0 spiro atoms. The van der Waals surface area contributed by atoms with Crippen LogP contribution >= 0.6 is 0 Å². The van der Waals surface area contributed by atoms with Crippen molar-refractivity contribution in [2.45, 2.75) is 84.6 Å². The normalized spacial score (nSPS) is 11.7. The second-order valence-electron chi connectivity index (χ2n) is 10.9. The lowest BCUT2D eigenvalue weighted by molar-refractivity contribution is -0.122. The van der Waals surface area contributed by atoms with Crippen LogP contribution in [-0.2, 0) is 27.2 Å². The molecule has 9 heteroatoms. The van der Waals surface area contributed by atoms with Gasteiger partial charge in [0.2, 0.25) is 5.91 Å². The van der Waals surface area contributed by atoms with Gasteiger partial charge in [-0.25, -0.2) is 9.97 Å². The van der Waals surface area contributed by atoms with E-state index in [4.69, 9.17) is 20.2 Å². The number of aromatic nitrogens is 3. The van der Waals surface area contributed by atoms with Gasteiger partial charge in [-0.3, -0.25) is 4.79 Å². The number of amides is 1. The summed E-state index contributed by atoms with van der Waals surface area (Å²) in [7, 11) is 2.18. The maximum Gasteiger partial charge on any atom is 0.222 e. The summed E-state index contributed by atoms with van der Waals surface area (Å²) >= 11 is 0. The summed E-state index contributed by atoms with van der Waals surface area (Å²) in [6.45, 7) is 10.4. The van der Waals surface area contributed by atoms with Gasteiger partial charge in [0.25, 0.3) is 0 Å². The van der Waals surface area contributed by atoms with Crippen LogP contribution < -0.4 is 11.1 Å². The molecule has 0 fully saturated rings. The van der Waals surface area contributed by atoms with Gasteiger partial charge in [-0.15, -0.1) is 0 Å². The first-order chi connectivity index (χ1) is 20.0. The van der Waals surface area contributed by atoms with Crippen molar-refractivity contribution in [1.29, 1.82) is 0 Å². The number of nitrogens with zero attached hydrogens (tertiary/aromatic N) is 4. The van der Waals surface area contributed by atoms with E-state index < -0.39 is 0 Å². The number of nitrogens with two attached hydrogens (primary N) is 1. The molecule has 228 valence electrons. The van der Waals surface area contributed by atoms with Crippen molar-refractivity contribution in [1.82, 2.24) is 24.8 Å². The number of benzene rings is 1. The van der Waals surface area contributed by atoms with Gasteiger partial charge >= 0.3 is 0 Å². The molecule has 1 amide bonds. The Kier molecular flexibility index (Phi) is 14.9. The van der Waals surface area contributed by atoms with Gasteiger partial charge < -0.3 is 30.0 Å². The van der Waals surface area contributed by atoms with Gasteiger partial charge in [0.15, 0.2) is 5.82 Å². The lowest BCUT2D eigenvalue weighted by Gasteiger charge is -2.17. The molecule has 0 unspecified atom stereocenters. The van der Waals surface area contributed by atoms with E-state index in [1.165, 1.54) is 0 Å². The number of imidazole rings is 1. The highest BCUT2D eigenvalue weighted by Crippen LogP contribution is 2.29. The third-order valence-corrected chi connectivity index (χ3v) is 7.39. The Morgan fingerprint density at radius 1 is 0.927 bits per heavy atom. The van der Waals surface area contributed by atoms with E-state index in [1.807, 2.05) is 12.1 Å². The lowest BCUT2D eigenvalue weighted by atomic mass is 10.1. The highest BCUT2D eigenvalue weighted by Gasteiger charge is 2.17. The summed E-state index contributed by atoms with van der Waals surface area (Å²) in [5.41, 5.74) is 9.22. The average Bonchev–Trinajstić information content (AvgIpc) is 3.34. The summed E-state index contributed by atoms with van der Waals surface area (Å²) in [6.07, 6.45) is 10.2. The molecule has 0 saturated heterocycles. The van der Waals surface area contributed by atoms with Gasteiger partial charge in [-0.05, 0) is 51.8 Å². The first-order valence-electron chi connectivity index (χ1n) is 15.7. The fourth-order valence-electron chi connectivity index (χ4n) is 5.05. The fourth-order valence-corrected chi connectivity index (χ4v) is 5.05. The zero-order chi connectivity index (χ0) is 29.3. The molecular formula is C32H52N6O3. The third kappa shape index (κ3) is 10.9. The quantitative estimate of drug-likeness (QED) is 0.158. The van der Waals surface area contributed by atoms with Crippen LogP contribution in [0.4, 0.5) is 5.82 Å². The van der Waals surface area contributed by atoms with Crippen LogP contribution in [0.1, 0.15) is 77.5 Å². The van der Waals surface area contributed by atoms with Crippen LogP contribution in [0.2, 0.25) is 0 Å². The van der Waals surface area contributed by atoms with Crippen molar-refractivity contribution in [2.24, 2.45) is 0 Å². The number of carbonyl (C=O) groups is 1. The van der Waals surface area contributed by atoms with E-state index in [-0.39, 0.29) is 5.91 Å². The number of fused-ring (bicyclic) bond motifs is 3. The van der Waals surface area contributed by atoms with E-state index in [0.29, 0.717) is 32.1 Å². The predicted molar refractivity (Wildman–Crippen MR) is 168 cm³/mol. The molecule has 2 aromatic heterocycles. The van der Waals surface area contributed by atoms with Crippen molar-refractivity contribution in [3.63, 3.8) is 0 Å². The highest BCUT2D eigenvalue weighted by molar-refractivity contribution is 6.06. The maximum absolute atomic E-state index is 11.7. The molecule has 0 aliphatic rings. The second-order valence-corrected chi connectivity index (χ2v) is 10.9. The molecule has 3 N–H and O–H groups in total. The smallest absolute Gasteiger partial charge is 0.222 e. The summed E-state index contributed by atoms with van der Waals surface area (Å²) in [5.74, 6) is 1.70. The number of nitrogen functional groups attached to an aromatic ring is 1. The minimum atomic E-state index is 0.0656. The number of rotatable bonds is 22. The Labute approximate surface area is 246 Å². The number of unbranched alkanes of at least 4 members (excludes halogenated alkanes) is 4. The molecule has 0 atom stereocenters. The molecule has 0 aliphatic carbocycles. The number of anilines is 1. The van der Waals surface area contributed by atoms with Gasteiger partial charge in [0.05, 0.1) is 30.9 Å². The highest BCUT2D eigenvalue weighted by atomic mass is 16.5. The molecule has 0 bridgehead atoms. The van der Waals surface area contributed by atoms with Crippen LogP contribution in [-0.4, -0.2) is 78.5 Å². The van der Waals surface area contributed by atoms with Crippen molar-refractivity contribution in [3.8, 4) is 0 Å². The van der Waals surface area contributed by atoms with Crippen molar-refractivity contribution >= 4 is 33.7 Å². The Balaban J connectivity index is 1.31. The summed E-state index contributed by atoms with van der Waals surface area (Å²) < 4.78 is 13.6. The molecule has 0 aliphatic heterocycles. The molecule has 3 rings (SSSR count). The molecule has 0 radical (unpaired) electrons. The van der Waals surface area contributed by atoms with E-state index in [9.17, 15) is 4.79 Å². The van der Waals surface area contributed by atoms with Gasteiger partial charge in [-0.2, -0.15) is 0 Å². The summed E-state index contributed by atoms with van der Waals surface area (Å²) in [4.78, 5) is 23.6. The third-order valence-electron chi connectivity index (χ3n) is 7.39. The minimum absolute atomic E-state index is 0.0656. The molecule has 2 heterocycles. The fraction of sp³-hybridized carbons (Fsp3) is 0.656. The van der Waals surface area contributed by atoms with Gasteiger partial charge in [0.1, 0.15) is 11.3 Å². The van der Waals surface area contributed by atoms with E-state index in [1.54, 1.807) is 0 Å². The minimum Gasteiger partial charge on any atom is -0.382 e. The number of para-hydroxylation sites is 1. The molecule has 9 nitrogen and oxygen atoms in total. The SMILES string of the molecule is CCCCCNC(=O)CCOCCOCCCN(C)CCCCn1c(CCCC)nc2c(N)nc3ccccc3c21. The van der Waals surface area contributed by atoms with Gasteiger partial charge in [-0.1, -0.05) is 51.3 Å². The maximum atomic E-state index is 11.7. The van der Waals surface area contributed by atoms with Crippen molar-refractivity contribution < 1.29 is 14.3 Å². The Morgan fingerprint density at radius 3 is 2.49 bits per heavy atom. The molecular weight excluding hydrogens is 516 g/mol. The number of pyridine rings is 1. The van der Waals surface area contributed by atoms with Crippen molar-refractivity contribution in [2.75, 3.05) is 58.8 Å². The Bertz CT molecular complexity index is 1180. The summed E-state index contributed by atoms with van der Waals surface area (Å²) in [5, 5.41) is 4.05. The van der Waals surface area contributed by atoms with Crippen molar-refractivity contribution in [3.05, 3.63) is 30.1 Å². The van der Waals surface area contributed by atoms with Crippen LogP contribution in [0.5, 0.6) is 0 Å². The first kappa shape index (κ1) is 32.8. The predicted octanol–water partition coefficient (Wildman–Crippen LogP) is 5.34. The zero-order valence-corrected chi connectivity index (χ0v) is 25.6. The molecule has 41 heavy (non-hydrogen) atoms. The number of nitrogens with one attached hydrogen (secondary N) is 1. The molecule has 3 aromatic rings. The number of hydrogen-bond donors (Lipinski definition) is 2. The zero-order valence-electron chi connectivity index (χ0n) is 25.6. The topological polar surface area (TPSA) is 108 Å². The number of carbonyl (C=O) groups excluding carboxylic acids is 1. The Morgan fingerprint density at radius 2 is 1.68 bits per heavy atom. The van der Waals surface area contributed by atoms with Gasteiger partial charge in [0, 0.05) is 44.5 Å². The van der Waals surface area contributed by atoms with E-state index in [0.717, 1.165) is 118 Å².